The second-order valence-corrected chi connectivity index (χ2v) is 5.99. The average Bonchev–Trinajstić information content (AvgIpc) is 3.28. The van der Waals surface area contributed by atoms with Gasteiger partial charge < -0.3 is 15.6 Å². The molecule has 4 N–H and O–H groups in total. The van der Waals surface area contributed by atoms with E-state index in [1.165, 1.54) is 24.1 Å². The van der Waals surface area contributed by atoms with Crippen LogP contribution in [0.1, 0.15) is 41.5 Å². The Balaban J connectivity index is 1.81. The summed E-state index contributed by atoms with van der Waals surface area (Å²) in [7, 11) is 1.44. The normalized spacial score (nSPS) is 11.3. The molecule has 1 amide bonds. The number of nitrogens with two attached hydrogens (primary N) is 1. The topological polar surface area (TPSA) is 167 Å². The number of hydrogen-bond donors (Lipinski definition) is 3. The van der Waals surface area contributed by atoms with Crippen molar-refractivity contribution in [3.05, 3.63) is 35.2 Å². The molecule has 0 aliphatic carbocycles. The number of rotatable bonds is 6. The molecule has 3 aromatic rings. The first kappa shape index (κ1) is 18.8. The van der Waals surface area contributed by atoms with E-state index in [1.54, 1.807) is 12.1 Å². The molecule has 0 unspecified atom stereocenters. The van der Waals surface area contributed by atoms with Gasteiger partial charge >= 0.3 is 0 Å². The monoisotopic (exact) mass is 386 g/mol. The minimum Gasteiger partial charge on any atom is -0.504 e. The average molecular weight is 386 g/mol. The number of hydrogen-bond acceptors (Lipinski definition) is 10. The Morgan fingerprint density at radius 1 is 1.43 bits per heavy atom. The van der Waals surface area contributed by atoms with E-state index < -0.39 is 5.91 Å². The molecular formula is C16H18N8O4. The lowest BCUT2D eigenvalue weighted by Crippen LogP contribution is -2.21. The van der Waals surface area contributed by atoms with Crippen LogP contribution < -0.4 is 15.9 Å². The van der Waals surface area contributed by atoms with E-state index in [2.05, 4.69) is 35.8 Å². The lowest BCUT2D eigenvalue weighted by atomic mass is 10.1. The fourth-order valence-electron chi connectivity index (χ4n) is 2.46. The highest BCUT2D eigenvalue weighted by molar-refractivity contribution is 5.94. The highest BCUT2D eigenvalue weighted by Crippen LogP contribution is 2.25. The van der Waals surface area contributed by atoms with Crippen LogP contribution in [0.4, 0.5) is 5.82 Å². The number of carbonyl (C=O) groups is 1. The third-order valence-electron chi connectivity index (χ3n) is 3.75. The SMILES string of the molecule is COc1cc(/C=N\NC(=O)c2nnn(-c3nonc3N)c2C(C)C)ccc1O. The quantitative estimate of drug-likeness (QED) is 0.410. The Morgan fingerprint density at radius 3 is 2.86 bits per heavy atom. The zero-order valence-corrected chi connectivity index (χ0v) is 15.3. The number of ether oxygens (including phenoxy) is 1. The van der Waals surface area contributed by atoms with Crippen LogP contribution in [0.5, 0.6) is 11.5 Å². The number of carbonyl (C=O) groups excluding carboxylic acids is 1. The zero-order valence-electron chi connectivity index (χ0n) is 15.3. The number of benzene rings is 1. The number of aromatic nitrogens is 5. The van der Waals surface area contributed by atoms with Crippen molar-refractivity contribution in [3.63, 3.8) is 0 Å². The maximum absolute atomic E-state index is 12.5. The van der Waals surface area contributed by atoms with Crippen LogP contribution in [-0.2, 0) is 0 Å². The van der Waals surface area contributed by atoms with Gasteiger partial charge in [0.05, 0.1) is 19.0 Å². The minimum atomic E-state index is -0.563. The largest absolute Gasteiger partial charge is 0.504 e. The van der Waals surface area contributed by atoms with Crippen molar-refractivity contribution >= 4 is 17.9 Å². The zero-order chi connectivity index (χ0) is 20.3. The Kier molecular flexibility index (Phi) is 5.20. The number of phenolic OH excluding ortho intramolecular Hbond substituents is 1. The van der Waals surface area contributed by atoms with Crippen molar-refractivity contribution in [2.75, 3.05) is 12.8 Å². The summed E-state index contributed by atoms with van der Waals surface area (Å²) < 4.78 is 10.9. The predicted molar refractivity (Wildman–Crippen MR) is 97.4 cm³/mol. The van der Waals surface area contributed by atoms with Gasteiger partial charge in [-0.1, -0.05) is 19.1 Å². The van der Waals surface area contributed by atoms with Crippen LogP contribution in [0.2, 0.25) is 0 Å². The molecule has 2 heterocycles. The summed E-state index contributed by atoms with van der Waals surface area (Å²) in [5.74, 6) is -0.222. The van der Waals surface area contributed by atoms with E-state index in [9.17, 15) is 9.90 Å². The van der Waals surface area contributed by atoms with E-state index in [0.29, 0.717) is 17.0 Å². The molecule has 28 heavy (non-hydrogen) atoms. The molecule has 0 bridgehead atoms. The smallest absolute Gasteiger partial charge is 0.293 e. The van der Waals surface area contributed by atoms with E-state index in [0.717, 1.165) is 0 Å². The standard InChI is InChI=1S/C16H18N8O4/c1-8(2)13-12(19-23-24(13)15-14(17)21-28-22-15)16(26)20-18-7-9-4-5-10(25)11(6-9)27-3/h4-8,25H,1-3H3,(H2,17,21)(H,20,26)/b18-7-. The molecule has 0 atom stereocenters. The maximum atomic E-state index is 12.5. The van der Waals surface area contributed by atoms with Gasteiger partial charge in [-0.2, -0.15) is 9.78 Å². The molecule has 3 rings (SSSR count). The summed E-state index contributed by atoms with van der Waals surface area (Å²) in [6.07, 6.45) is 1.40. The van der Waals surface area contributed by atoms with Crippen molar-refractivity contribution in [2.24, 2.45) is 5.10 Å². The van der Waals surface area contributed by atoms with Crippen LogP contribution in [-0.4, -0.2) is 49.6 Å². The van der Waals surface area contributed by atoms with E-state index in [1.807, 2.05) is 13.8 Å². The van der Waals surface area contributed by atoms with Gasteiger partial charge in [0.15, 0.2) is 17.2 Å². The molecule has 1 aromatic carbocycles. The van der Waals surface area contributed by atoms with Gasteiger partial charge in [-0.3, -0.25) is 4.79 Å². The van der Waals surface area contributed by atoms with Crippen LogP contribution in [0, 0.1) is 0 Å². The number of nitrogen functional groups attached to an aromatic ring is 1. The van der Waals surface area contributed by atoms with Gasteiger partial charge in [-0.15, -0.1) is 5.10 Å². The molecule has 2 aromatic heterocycles. The Hall–Kier alpha value is -3.96. The van der Waals surface area contributed by atoms with E-state index >= 15 is 0 Å². The maximum Gasteiger partial charge on any atom is 0.293 e. The summed E-state index contributed by atoms with van der Waals surface area (Å²) in [6, 6.07) is 4.64. The summed E-state index contributed by atoms with van der Waals surface area (Å²) in [4.78, 5) is 12.5. The van der Waals surface area contributed by atoms with Crippen molar-refractivity contribution < 1.29 is 19.3 Å². The van der Waals surface area contributed by atoms with Crippen molar-refractivity contribution in [2.45, 2.75) is 19.8 Å². The predicted octanol–water partition coefficient (Wildman–Crippen LogP) is 0.834. The number of hydrazone groups is 1. The number of anilines is 1. The van der Waals surface area contributed by atoms with Gasteiger partial charge in [0.2, 0.25) is 11.6 Å². The number of phenols is 1. The first-order chi connectivity index (χ1) is 13.4. The van der Waals surface area contributed by atoms with Crippen molar-refractivity contribution in [1.82, 2.24) is 30.7 Å². The van der Waals surface area contributed by atoms with Gasteiger partial charge in [-0.25, -0.2) is 10.1 Å². The summed E-state index contributed by atoms with van der Waals surface area (Å²) >= 11 is 0. The number of methoxy groups -OCH3 is 1. The minimum absolute atomic E-state index is 0.00324. The molecule has 0 aliphatic heterocycles. The van der Waals surface area contributed by atoms with Crippen molar-refractivity contribution in [3.8, 4) is 17.3 Å². The molecule has 0 saturated heterocycles. The summed E-state index contributed by atoms with van der Waals surface area (Å²) in [5.41, 5.74) is 9.24. The molecule has 0 radical (unpaired) electrons. The van der Waals surface area contributed by atoms with Gasteiger partial charge in [0, 0.05) is 0 Å². The molecule has 146 valence electrons. The highest BCUT2D eigenvalue weighted by Gasteiger charge is 2.25. The van der Waals surface area contributed by atoms with Gasteiger partial charge in [0.1, 0.15) is 0 Å². The fourth-order valence-corrected chi connectivity index (χ4v) is 2.46. The Bertz CT molecular complexity index is 1020. The highest BCUT2D eigenvalue weighted by atomic mass is 16.6. The molecule has 12 nitrogen and oxygen atoms in total. The third kappa shape index (κ3) is 3.60. The van der Waals surface area contributed by atoms with Crippen LogP contribution in [0.25, 0.3) is 5.82 Å². The molecule has 0 spiro atoms. The lowest BCUT2D eigenvalue weighted by molar-refractivity contribution is 0.0948. The lowest BCUT2D eigenvalue weighted by Gasteiger charge is -2.08. The molecule has 0 aliphatic rings. The first-order valence-corrected chi connectivity index (χ1v) is 8.16. The molecular weight excluding hydrogens is 368 g/mol. The number of nitrogens with zero attached hydrogens (tertiary/aromatic N) is 6. The number of aromatic hydroxyl groups is 1. The first-order valence-electron chi connectivity index (χ1n) is 8.16. The van der Waals surface area contributed by atoms with Crippen LogP contribution in [0.15, 0.2) is 27.9 Å². The van der Waals surface area contributed by atoms with Crippen LogP contribution >= 0.6 is 0 Å². The second-order valence-electron chi connectivity index (χ2n) is 5.99. The Morgan fingerprint density at radius 2 is 2.21 bits per heavy atom. The van der Waals surface area contributed by atoms with E-state index in [4.69, 9.17) is 10.5 Å². The fraction of sp³-hybridized carbons (Fsp3) is 0.250. The molecule has 0 fully saturated rings. The third-order valence-corrected chi connectivity index (χ3v) is 3.75. The summed E-state index contributed by atoms with van der Waals surface area (Å²) in [5, 5.41) is 28.5. The molecule has 0 saturated carbocycles. The number of nitrogens with one attached hydrogen (secondary N) is 1. The van der Waals surface area contributed by atoms with Gasteiger partial charge in [-0.05, 0) is 40.0 Å². The molecule has 12 heteroatoms. The second kappa shape index (κ2) is 7.73. The van der Waals surface area contributed by atoms with Crippen LogP contribution in [0.3, 0.4) is 0 Å². The van der Waals surface area contributed by atoms with Gasteiger partial charge in [0.25, 0.3) is 5.91 Å². The number of amides is 1. The van der Waals surface area contributed by atoms with E-state index in [-0.39, 0.29) is 29.0 Å². The van der Waals surface area contributed by atoms with Crippen molar-refractivity contribution in [1.29, 1.82) is 0 Å². The summed E-state index contributed by atoms with van der Waals surface area (Å²) in [6.45, 7) is 3.73. The Labute approximate surface area is 158 Å².